The molecule has 0 aliphatic rings. The van der Waals surface area contributed by atoms with Crippen molar-refractivity contribution >= 4 is 43.9 Å². The van der Waals surface area contributed by atoms with Crippen molar-refractivity contribution in [2.75, 3.05) is 0 Å². The first-order valence-corrected chi connectivity index (χ1v) is 10.1. The smallest absolute Gasteiger partial charge is 0.156 e. The average Bonchev–Trinajstić information content (AvgIpc) is 3.14. The van der Waals surface area contributed by atoms with E-state index in [0.29, 0.717) is 11.4 Å². The van der Waals surface area contributed by atoms with E-state index in [1.807, 2.05) is 66.7 Å². The van der Waals surface area contributed by atoms with Crippen LogP contribution in [0, 0.1) is 0 Å². The van der Waals surface area contributed by atoms with Gasteiger partial charge in [-0.2, -0.15) is 5.10 Å². The number of rotatable bonds is 4. The number of phenolic OH excluding ortho intramolecular Hbond substituents is 1. The van der Waals surface area contributed by atoms with Gasteiger partial charge < -0.3 is 5.11 Å². The summed E-state index contributed by atoms with van der Waals surface area (Å²) < 4.78 is 3.68. The van der Waals surface area contributed by atoms with Crippen LogP contribution in [0.1, 0.15) is 5.56 Å². The summed E-state index contributed by atoms with van der Waals surface area (Å²) in [6.45, 7) is 0. The molecular formula is C22H15Br2N3O. The topological polar surface area (TPSA) is 50.4 Å². The van der Waals surface area contributed by atoms with Gasteiger partial charge in [0, 0.05) is 32.4 Å². The van der Waals surface area contributed by atoms with E-state index in [1.165, 1.54) is 0 Å². The number of benzene rings is 3. The van der Waals surface area contributed by atoms with Crippen molar-refractivity contribution in [2.24, 2.45) is 4.99 Å². The third-order valence-electron chi connectivity index (χ3n) is 4.16. The number of para-hydroxylation sites is 1. The van der Waals surface area contributed by atoms with Crippen LogP contribution in [-0.4, -0.2) is 21.1 Å². The van der Waals surface area contributed by atoms with Crippen LogP contribution in [-0.2, 0) is 0 Å². The lowest BCUT2D eigenvalue weighted by Gasteiger charge is -2.04. The molecule has 0 fully saturated rings. The standard InChI is InChI=1S/C22H15Br2N3O/c23-17-8-6-15(7-9-17)20-13-22(27(26-20)19-4-2-1-3-5-19)25-14-16-12-18(24)10-11-21(16)28/h1-14,28H. The van der Waals surface area contributed by atoms with Crippen LogP contribution in [0.4, 0.5) is 5.82 Å². The first-order valence-electron chi connectivity index (χ1n) is 8.54. The van der Waals surface area contributed by atoms with Crippen LogP contribution < -0.4 is 0 Å². The summed E-state index contributed by atoms with van der Waals surface area (Å²) in [6.07, 6.45) is 1.64. The Morgan fingerprint density at radius 2 is 1.57 bits per heavy atom. The van der Waals surface area contributed by atoms with E-state index in [1.54, 1.807) is 23.0 Å². The Labute approximate surface area is 179 Å². The molecule has 138 valence electrons. The van der Waals surface area contributed by atoms with Gasteiger partial charge in [-0.1, -0.05) is 62.2 Å². The highest BCUT2D eigenvalue weighted by Gasteiger charge is 2.11. The molecule has 0 aliphatic heterocycles. The van der Waals surface area contributed by atoms with Crippen LogP contribution in [0.5, 0.6) is 5.75 Å². The van der Waals surface area contributed by atoms with Crippen molar-refractivity contribution in [1.29, 1.82) is 0 Å². The number of aromatic hydroxyl groups is 1. The van der Waals surface area contributed by atoms with Gasteiger partial charge in [-0.3, -0.25) is 0 Å². The fourth-order valence-electron chi connectivity index (χ4n) is 2.75. The number of hydrogen-bond donors (Lipinski definition) is 1. The predicted molar refractivity (Wildman–Crippen MR) is 120 cm³/mol. The van der Waals surface area contributed by atoms with Gasteiger partial charge in [0.1, 0.15) is 5.75 Å². The van der Waals surface area contributed by atoms with E-state index in [9.17, 15) is 5.11 Å². The van der Waals surface area contributed by atoms with E-state index in [2.05, 4.69) is 36.9 Å². The fourth-order valence-corrected chi connectivity index (χ4v) is 3.39. The molecule has 28 heavy (non-hydrogen) atoms. The van der Waals surface area contributed by atoms with Crippen LogP contribution in [0.2, 0.25) is 0 Å². The minimum Gasteiger partial charge on any atom is -0.507 e. The van der Waals surface area contributed by atoms with Crippen molar-refractivity contribution in [1.82, 2.24) is 9.78 Å². The molecule has 6 heteroatoms. The lowest BCUT2D eigenvalue weighted by atomic mass is 10.1. The maximum atomic E-state index is 10.1. The third kappa shape index (κ3) is 4.08. The van der Waals surface area contributed by atoms with Crippen molar-refractivity contribution in [2.45, 2.75) is 0 Å². The number of nitrogens with zero attached hydrogens (tertiary/aromatic N) is 3. The number of hydrogen-bond acceptors (Lipinski definition) is 3. The summed E-state index contributed by atoms with van der Waals surface area (Å²) in [5, 5.41) is 14.8. The van der Waals surface area contributed by atoms with Gasteiger partial charge >= 0.3 is 0 Å². The van der Waals surface area contributed by atoms with Crippen molar-refractivity contribution in [3.63, 3.8) is 0 Å². The van der Waals surface area contributed by atoms with Gasteiger partial charge in [0.15, 0.2) is 5.82 Å². The third-order valence-corrected chi connectivity index (χ3v) is 5.18. The molecule has 1 aromatic heterocycles. The van der Waals surface area contributed by atoms with E-state index < -0.39 is 0 Å². The van der Waals surface area contributed by atoms with Crippen molar-refractivity contribution < 1.29 is 5.11 Å². The van der Waals surface area contributed by atoms with E-state index in [0.717, 1.165) is 25.9 Å². The first kappa shape index (κ1) is 18.7. The van der Waals surface area contributed by atoms with Crippen LogP contribution >= 0.6 is 31.9 Å². The molecule has 0 bridgehead atoms. The molecule has 0 atom stereocenters. The van der Waals surface area contributed by atoms with Gasteiger partial charge in [0.25, 0.3) is 0 Å². The zero-order valence-electron chi connectivity index (χ0n) is 14.6. The van der Waals surface area contributed by atoms with Gasteiger partial charge in [-0.05, 0) is 42.5 Å². The SMILES string of the molecule is Oc1ccc(Br)cc1C=Nc1cc(-c2ccc(Br)cc2)nn1-c1ccccc1. The number of phenols is 1. The van der Waals surface area contributed by atoms with Crippen molar-refractivity contribution in [3.05, 3.63) is 93.4 Å². The molecule has 0 amide bonds. The van der Waals surface area contributed by atoms with Gasteiger partial charge in [0.05, 0.1) is 11.4 Å². The summed E-state index contributed by atoms with van der Waals surface area (Å²) >= 11 is 6.88. The molecule has 3 aromatic carbocycles. The second-order valence-corrected chi connectivity index (χ2v) is 7.93. The molecule has 1 heterocycles. The monoisotopic (exact) mass is 495 g/mol. The summed E-state index contributed by atoms with van der Waals surface area (Å²) in [6, 6.07) is 25.0. The van der Waals surface area contributed by atoms with Gasteiger partial charge in [-0.25, -0.2) is 9.67 Å². The molecule has 1 N–H and O–H groups in total. The van der Waals surface area contributed by atoms with E-state index in [-0.39, 0.29) is 5.75 Å². The minimum atomic E-state index is 0.172. The molecule has 0 unspecified atom stereocenters. The largest absolute Gasteiger partial charge is 0.507 e. The van der Waals surface area contributed by atoms with Crippen LogP contribution in [0.3, 0.4) is 0 Å². The van der Waals surface area contributed by atoms with Gasteiger partial charge in [0.2, 0.25) is 0 Å². The normalized spacial score (nSPS) is 11.2. The Hall–Kier alpha value is -2.70. The average molecular weight is 497 g/mol. The molecular weight excluding hydrogens is 482 g/mol. The zero-order valence-corrected chi connectivity index (χ0v) is 17.8. The molecule has 0 aliphatic carbocycles. The molecule has 4 aromatic rings. The Kier molecular flexibility index (Phi) is 5.41. The lowest BCUT2D eigenvalue weighted by Crippen LogP contribution is -1.96. The molecule has 0 radical (unpaired) electrons. The molecule has 4 nitrogen and oxygen atoms in total. The Morgan fingerprint density at radius 1 is 0.857 bits per heavy atom. The number of halogens is 2. The second-order valence-electron chi connectivity index (χ2n) is 6.10. The molecule has 0 saturated carbocycles. The summed E-state index contributed by atoms with van der Waals surface area (Å²) in [4.78, 5) is 4.60. The summed E-state index contributed by atoms with van der Waals surface area (Å²) in [5.41, 5.74) is 3.36. The Morgan fingerprint density at radius 3 is 2.32 bits per heavy atom. The summed E-state index contributed by atoms with van der Waals surface area (Å²) in [5.74, 6) is 0.842. The summed E-state index contributed by atoms with van der Waals surface area (Å²) in [7, 11) is 0. The van der Waals surface area contributed by atoms with Gasteiger partial charge in [-0.15, -0.1) is 0 Å². The van der Waals surface area contributed by atoms with E-state index >= 15 is 0 Å². The fraction of sp³-hybridized carbons (Fsp3) is 0. The quantitative estimate of drug-likeness (QED) is 0.327. The number of aromatic nitrogens is 2. The van der Waals surface area contributed by atoms with E-state index in [4.69, 9.17) is 5.10 Å². The highest BCUT2D eigenvalue weighted by molar-refractivity contribution is 9.10. The molecule has 0 saturated heterocycles. The Bertz CT molecular complexity index is 1140. The maximum Gasteiger partial charge on any atom is 0.156 e. The highest BCUT2D eigenvalue weighted by Crippen LogP contribution is 2.28. The predicted octanol–water partition coefficient (Wildman–Crippen LogP) is 6.52. The number of aliphatic imine (C=N–C) groups is 1. The molecule has 4 rings (SSSR count). The minimum absolute atomic E-state index is 0.172. The Balaban J connectivity index is 1.79. The zero-order chi connectivity index (χ0) is 19.5. The first-order chi connectivity index (χ1) is 13.6. The highest BCUT2D eigenvalue weighted by atomic mass is 79.9. The lowest BCUT2D eigenvalue weighted by molar-refractivity contribution is 0.474. The molecule has 0 spiro atoms. The van der Waals surface area contributed by atoms with Crippen LogP contribution in [0.25, 0.3) is 16.9 Å². The van der Waals surface area contributed by atoms with Crippen molar-refractivity contribution in [3.8, 4) is 22.7 Å². The maximum absolute atomic E-state index is 10.1. The van der Waals surface area contributed by atoms with Crippen LogP contribution in [0.15, 0.2) is 92.8 Å². The second kappa shape index (κ2) is 8.12.